The van der Waals surface area contributed by atoms with Crippen molar-refractivity contribution < 1.29 is 9.53 Å². The number of hydrogen-bond acceptors (Lipinski definition) is 3. The Kier molecular flexibility index (Phi) is 3.13. The van der Waals surface area contributed by atoms with Gasteiger partial charge in [0, 0.05) is 31.1 Å². The lowest BCUT2D eigenvalue weighted by Crippen LogP contribution is -2.46. The highest BCUT2D eigenvalue weighted by molar-refractivity contribution is 5.79. The second-order valence-corrected chi connectivity index (χ2v) is 6.95. The predicted molar refractivity (Wildman–Crippen MR) is 92.0 cm³/mol. The van der Waals surface area contributed by atoms with Gasteiger partial charge in [-0.2, -0.15) is 0 Å². The monoisotopic (exact) mass is 320 g/mol. The molecule has 2 bridgehead atoms. The maximum atomic E-state index is 12.5. The molecule has 24 heavy (non-hydrogen) atoms. The number of piperazine rings is 1. The zero-order chi connectivity index (χ0) is 16.1. The first-order valence-electron chi connectivity index (χ1n) is 8.66. The molecule has 122 valence electrons. The highest BCUT2D eigenvalue weighted by Gasteiger charge is 2.41. The number of hydrogen-bond donors (Lipinski definition) is 1. The summed E-state index contributed by atoms with van der Waals surface area (Å²) in [5.74, 6) is 0.138. The van der Waals surface area contributed by atoms with E-state index in [4.69, 9.17) is 4.74 Å². The zero-order valence-electron chi connectivity index (χ0n) is 13.4. The van der Waals surface area contributed by atoms with E-state index >= 15 is 0 Å². The van der Waals surface area contributed by atoms with Gasteiger partial charge in [0.05, 0.1) is 0 Å². The molecular weight excluding hydrogens is 300 g/mol. The van der Waals surface area contributed by atoms with Gasteiger partial charge >= 0.3 is 6.09 Å². The van der Waals surface area contributed by atoms with E-state index in [0.717, 1.165) is 19.5 Å². The second-order valence-electron chi connectivity index (χ2n) is 6.95. The Morgan fingerprint density at radius 3 is 2.33 bits per heavy atom. The summed E-state index contributed by atoms with van der Waals surface area (Å²) in [7, 11) is 0. The number of carbonyl (C=O) groups is 1. The smallest absolute Gasteiger partial charge is 0.410 e. The van der Waals surface area contributed by atoms with Gasteiger partial charge in [-0.3, -0.25) is 0 Å². The molecule has 0 saturated carbocycles. The van der Waals surface area contributed by atoms with Crippen LogP contribution in [0.25, 0.3) is 11.1 Å². The Morgan fingerprint density at radius 2 is 1.75 bits per heavy atom. The summed E-state index contributed by atoms with van der Waals surface area (Å²) in [6.45, 7) is 2.09. The summed E-state index contributed by atoms with van der Waals surface area (Å²) < 4.78 is 5.74. The fraction of sp³-hybridized carbons (Fsp3) is 0.350. The number of ether oxygens (including phenoxy) is 1. The molecule has 3 aliphatic rings. The van der Waals surface area contributed by atoms with Crippen molar-refractivity contribution >= 4 is 6.09 Å². The summed E-state index contributed by atoms with van der Waals surface area (Å²) in [6, 6.07) is 17.6. The molecule has 0 radical (unpaired) electrons. The maximum Gasteiger partial charge on any atom is 0.410 e. The summed E-state index contributed by atoms with van der Waals surface area (Å²) in [4.78, 5) is 14.4. The third kappa shape index (κ3) is 2.06. The van der Waals surface area contributed by atoms with Gasteiger partial charge in [0.15, 0.2) is 0 Å². The molecule has 1 N–H and O–H groups in total. The Balaban J connectivity index is 1.37. The van der Waals surface area contributed by atoms with Crippen molar-refractivity contribution in [3.05, 3.63) is 59.7 Å². The van der Waals surface area contributed by atoms with Gasteiger partial charge in [-0.25, -0.2) is 4.79 Å². The number of rotatable bonds is 2. The average molecular weight is 320 g/mol. The Hall–Kier alpha value is -2.33. The number of nitrogens with one attached hydrogen (secondary N) is 1. The fourth-order valence-electron chi connectivity index (χ4n) is 4.46. The van der Waals surface area contributed by atoms with Gasteiger partial charge in [0.25, 0.3) is 0 Å². The number of likely N-dealkylation sites (tertiary alicyclic amines) is 1. The quantitative estimate of drug-likeness (QED) is 0.925. The number of benzene rings is 2. The van der Waals surface area contributed by atoms with Gasteiger partial charge < -0.3 is 15.0 Å². The van der Waals surface area contributed by atoms with Crippen LogP contribution < -0.4 is 5.32 Å². The van der Waals surface area contributed by atoms with Crippen LogP contribution in [0.15, 0.2) is 48.5 Å². The molecule has 5 rings (SSSR count). The largest absolute Gasteiger partial charge is 0.448 e. The number of fused-ring (bicyclic) bond motifs is 5. The van der Waals surface area contributed by atoms with Crippen LogP contribution in [0.4, 0.5) is 4.79 Å². The van der Waals surface area contributed by atoms with E-state index in [1.54, 1.807) is 0 Å². The van der Waals surface area contributed by atoms with E-state index in [1.807, 2.05) is 4.90 Å². The lowest BCUT2D eigenvalue weighted by Gasteiger charge is -2.27. The third-order valence-corrected chi connectivity index (χ3v) is 5.63. The standard InChI is InChI=1S/C20H20N2O2/c23-20(22-11-13-9-14(22)10-21-13)24-12-19-17-7-3-1-5-15(17)16-6-2-4-8-18(16)19/h1-8,13-14,19,21H,9-12H2. The first kappa shape index (κ1) is 14.1. The van der Waals surface area contributed by atoms with Crippen molar-refractivity contribution in [2.45, 2.75) is 24.4 Å². The Bertz CT molecular complexity index is 758. The van der Waals surface area contributed by atoms with Crippen LogP contribution in [-0.4, -0.2) is 42.8 Å². The first-order chi connectivity index (χ1) is 11.8. The molecular formula is C20H20N2O2. The van der Waals surface area contributed by atoms with Crippen LogP contribution in [0, 0.1) is 0 Å². The van der Waals surface area contributed by atoms with Crippen molar-refractivity contribution in [1.29, 1.82) is 0 Å². The minimum absolute atomic E-state index is 0.138. The van der Waals surface area contributed by atoms with E-state index in [2.05, 4.69) is 53.8 Å². The summed E-state index contributed by atoms with van der Waals surface area (Å²) >= 11 is 0. The molecule has 4 heteroatoms. The first-order valence-corrected chi connectivity index (χ1v) is 8.66. The summed E-state index contributed by atoms with van der Waals surface area (Å²) in [5, 5.41) is 3.41. The highest BCUT2D eigenvalue weighted by atomic mass is 16.6. The highest BCUT2D eigenvalue weighted by Crippen LogP contribution is 2.44. The lowest BCUT2D eigenvalue weighted by atomic mass is 9.98. The average Bonchev–Trinajstić information content (AvgIpc) is 3.33. The van der Waals surface area contributed by atoms with Crippen LogP contribution in [0.2, 0.25) is 0 Å². The topological polar surface area (TPSA) is 41.6 Å². The maximum absolute atomic E-state index is 12.5. The van der Waals surface area contributed by atoms with Crippen molar-refractivity contribution in [3.63, 3.8) is 0 Å². The molecule has 4 nitrogen and oxygen atoms in total. The van der Waals surface area contributed by atoms with Crippen LogP contribution >= 0.6 is 0 Å². The van der Waals surface area contributed by atoms with Gasteiger partial charge in [0.1, 0.15) is 6.61 Å². The van der Waals surface area contributed by atoms with Crippen LogP contribution in [0.3, 0.4) is 0 Å². The van der Waals surface area contributed by atoms with Crippen molar-refractivity contribution in [2.24, 2.45) is 0 Å². The molecule has 0 spiro atoms. The van der Waals surface area contributed by atoms with E-state index < -0.39 is 0 Å². The second kappa shape index (κ2) is 5.35. The number of nitrogens with zero attached hydrogens (tertiary/aromatic N) is 1. The van der Waals surface area contributed by atoms with Gasteiger partial charge in [-0.1, -0.05) is 48.5 Å². The fourth-order valence-corrected chi connectivity index (χ4v) is 4.46. The number of amides is 1. The van der Waals surface area contributed by atoms with E-state index in [-0.39, 0.29) is 12.0 Å². The van der Waals surface area contributed by atoms with E-state index in [9.17, 15) is 4.79 Å². The predicted octanol–water partition coefficient (Wildman–Crippen LogP) is 2.98. The third-order valence-electron chi connectivity index (χ3n) is 5.63. The van der Waals surface area contributed by atoms with Crippen molar-refractivity contribution in [2.75, 3.05) is 19.7 Å². The number of carbonyl (C=O) groups excluding carboxylic acids is 1. The molecule has 2 atom stereocenters. The van der Waals surface area contributed by atoms with Gasteiger partial charge in [-0.05, 0) is 28.7 Å². The molecule has 1 aliphatic carbocycles. The van der Waals surface area contributed by atoms with Crippen LogP contribution in [-0.2, 0) is 4.74 Å². The molecule has 0 aromatic heterocycles. The SMILES string of the molecule is O=C(OCC1c2ccccc2-c2ccccc21)N1CC2CC1CN2. The molecule has 2 saturated heterocycles. The molecule has 2 aliphatic heterocycles. The molecule has 1 amide bonds. The molecule has 2 unspecified atom stereocenters. The molecule has 2 aromatic rings. The zero-order valence-corrected chi connectivity index (χ0v) is 13.4. The summed E-state index contributed by atoms with van der Waals surface area (Å²) in [6.07, 6.45) is 0.898. The van der Waals surface area contributed by atoms with Crippen molar-refractivity contribution in [1.82, 2.24) is 10.2 Å². The summed E-state index contributed by atoms with van der Waals surface area (Å²) in [5.41, 5.74) is 5.05. The van der Waals surface area contributed by atoms with E-state index in [0.29, 0.717) is 18.7 Å². The lowest BCUT2D eigenvalue weighted by molar-refractivity contribution is 0.0913. The normalized spacial score (nSPS) is 24.1. The van der Waals surface area contributed by atoms with E-state index in [1.165, 1.54) is 22.3 Å². The Morgan fingerprint density at radius 1 is 1.08 bits per heavy atom. The Labute approximate surface area is 141 Å². The molecule has 2 fully saturated rings. The van der Waals surface area contributed by atoms with Gasteiger partial charge in [-0.15, -0.1) is 0 Å². The minimum atomic E-state index is -0.161. The molecule has 2 aromatic carbocycles. The van der Waals surface area contributed by atoms with Gasteiger partial charge in [0.2, 0.25) is 0 Å². The van der Waals surface area contributed by atoms with Crippen LogP contribution in [0.1, 0.15) is 23.5 Å². The minimum Gasteiger partial charge on any atom is -0.448 e. The van der Waals surface area contributed by atoms with Crippen molar-refractivity contribution in [3.8, 4) is 11.1 Å². The van der Waals surface area contributed by atoms with Crippen LogP contribution in [0.5, 0.6) is 0 Å². The molecule has 2 heterocycles.